The van der Waals surface area contributed by atoms with E-state index < -0.39 is 0 Å². The quantitative estimate of drug-likeness (QED) is 0.789. The summed E-state index contributed by atoms with van der Waals surface area (Å²) in [4.78, 5) is 19.3. The second-order valence-electron chi connectivity index (χ2n) is 4.59. The lowest BCUT2D eigenvalue weighted by Crippen LogP contribution is -2.06. The van der Waals surface area contributed by atoms with Gasteiger partial charge in [-0.15, -0.1) is 0 Å². The highest BCUT2D eigenvalue weighted by atomic mass is 16.5. The molecule has 0 unspecified atom stereocenters. The molecule has 2 rings (SSSR count). The van der Waals surface area contributed by atoms with Gasteiger partial charge in [0, 0.05) is 23.5 Å². The van der Waals surface area contributed by atoms with Crippen LogP contribution in [0.1, 0.15) is 30.0 Å². The fraction of sp³-hybridized carbons (Fsp3) is 0.267. The van der Waals surface area contributed by atoms with Crippen LogP contribution in [0.5, 0.6) is 5.75 Å². The number of benzene rings is 1. The number of ether oxygens (including phenoxy) is 1. The Morgan fingerprint density at radius 2 is 1.79 bits per heavy atom. The van der Waals surface area contributed by atoms with Crippen LogP contribution in [0.25, 0.3) is 11.1 Å². The summed E-state index contributed by atoms with van der Waals surface area (Å²) >= 11 is 0. The van der Waals surface area contributed by atoms with Gasteiger partial charge >= 0.3 is 0 Å². The van der Waals surface area contributed by atoms with Crippen LogP contribution in [0.4, 0.5) is 0 Å². The van der Waals surface area contributed by atoms with Gasteiger partial charge in [-0.3, -0.25) is 4.79 Å². The van der Waals surface area contributed by atoms with E-state index in [0.29, 0.717) is 17.1 Å². The van der Waals surface area contributed by atoms with Crippen LogP contribution in [-0.4, -0.2) is 22.4 Å². The minimum Gasteiger partial charge on any atom is -0.491 e. The highest BCUT2D eigenvalue weighted by molar-refractivity contribution is 5.80. The van der Waals surface area contributed by atoms with Gasteiger partial charge in [-0.1, -0.05) is 0 Å². The smallest absolute Gasteiger partial charge is 0.150 e. The first-order valence-corrected chi connectivity index (χ1v) is 6.14. The second-order valence-corrected chi connectivity index (χ2v) is 4.59. The highest BCUT2D eigenvalue weighted by Gasteiger charge is 2.06. The van der Waals surface area contributed by atoms with Crippen molar-refractivity contribution in [2.24, 2.45) is 0 Å². The zero-order chi connectivity index (χ0) is 13.8. The van der Waals surface area contributed by atoms with Crippen LogP contribution < -0.4 is 4.74 Å². The summed E-state index contributed by atoms with van der Waals surface area (Å²) < 4.78 is 5.64. The van der Waals surface area contributed by atoms with Gasteiger partial charge in [0.2, 0.25) is 0 Å². The maximum Gasteiger partial charge on any atom is 0.150 e. The Bertz CT molecular complexity index is 577. The molecule has 0 atom stereocenters. The first-order valence-electron chi connectivity index (χ1n) is 6.14. The summed E-state index contributed by atoms with van der Waals surface area (Å²) in [6, 6.07) is 5.42. The van der Waals surface area contributed by atoms with E-state index in [1.54, 1.807) is 24.5 Å². The zero-order valence-electron chi connectivity index (χ0n) is 11.3. The van der Waals surface area contributed by atoms with Gasteiger partial charge in [0.05, 0.1) is 6.10 Å². The van der Waals surface area contributed by atoms with E-state index in [1.807, 2.05) is 26.8 Å². The number of nitrogens with zero attached hydrogens (tertiary/aromatic N) is 2. The molecule has 0 fully saturated rings. The van der Waals surface area contributed by atoms with Gasteiger partial charge < -0.3 is 4.74 Å². The molecule has 0 amide bonds. The summed E-state index contributed by atoms with van der Waals surface area (Å²) in [5.74, 6) is 1.39. The van der Waals surface area contributed by atoms with E-state index >= 15 is 0 Å². The highest BCUT2D eigenvalue weighted by Crippen LogP contribution is 2.25. The average Bonchev–Trinajstić information content (AvgIpc) is 2.38. The lowest BCUT2D eigenvalue weighted by atomic mass is 10.1. The Balaban J connectivity index is 2.44. The van der Waals surface area contributed by atoms with Crippen LogP contribution in [0.2, 0.25) is 0 Å². The molecule has 2 aromatic rings. The topological polar surface area (TPSA) is 52.1 Å². The van der Waals surface area contributed by atoms with E-state index in [2.05, 4.69) is 9.97 Å². The van der Waals surface area contributed by atoms with Gasteiger partial charge in [-0.2, -0.15) is 0 Å². The van der Waals surface area contributed by atoms with Gasteiger partial charge in [0.15, 0.2) is 0 Å². The van der Waals surface area contributed by atoms with Gasteiger partial charge in [-0.05, 0) is 44.5 Å². The van der Waals surface area contributed by atoms with Gasteiger partial charge in [0.25, 0.3) is 0 Å². The van der Waals surface area contributed by atoms with Gasteiger partial charge in [0.1, 0.15) is 17.9 Å². The molecule has 19 heavy (non-hydrogen) atoms. The predicted molar refractivity (Wildman–Crippen MR) is 73.4 cm³/mol. The third-order valence-corrected chi connectivity index (χ3v) is 2.55. The number of aryl methyl sites for hydroxylation is 1. The molecule has 0 radical (unpaired) electrons. The normalized spacial score (nSPS) is 10.5. The average molecular weight is 256 g/mol. The molecule has 0 aliphatic heterocycles. The summed E-state index contributed by atoms with van der Waals surface area (Å²) in [6.45, 7) is 5.73. The van der Waals surface area contributed by atoms with Crippen molar-refractivity contribution in [1.29, 1.82) is 0 Å². The van der Waals surface area contributed by atoms with E-state index in [-0.39, 0.29) is 6.10 Å². The largest absolute Gasteiger partial charge is 0.491 e. The Kier molecular flexibility index (Phi) is 3.90. The van der Waals surface area contributed by atoms with Crippen LogP contribution in [-0.2, 0) is 0 Å². The molecule has 1 aromatic carbocycles. The monoisotopic (exact) mass is 256 g/mol. The minimum atomic E-state index is 0.0593. The Hall–Kier alpha value is -2.23. The predicted octanol–water partition coefficient (Wildman–Crippen LogP) is 3.05. The molecular weight excluding hydrogens is 240 g/mol. The number of carbonyl (C=O) groups is 1. The van der Waals surface area contributed by atoms with Crippen molar-refractivity contribution in [2.75, 3.05) is 0 Å². The van der Waals surface area contributed by atoms with E-state index in [1.165, 1.54) is 0 Å². The van der Waals surface area contributed by atoms with E-state index in [9.17, 15) is 4.79 Å². The molecule has 0 aliphatic carbocycles. The third-order valence-electron chi connectivity index (χ3n) is 2.55. The molecular formula is C15H16N2O2. The Morgan fingerprint density at radius 1 is 1.11 bits per heavy atom. The summed E-state index contributed by atoms with van der Waals surface area (Å²) in [6.07, 6.45) is 4.35. The molecule has 1 aromatic heterocycles. The molecule has 0 aliphatic rings. The number of hydrogen-bond donors (Lipinski definition) is 0. The molecule has 1 heterocycles. The molecule has 4 heteroatoms. The number of rotatable bonds is 4. The first-order chi connectivity index (χ1) is 9.08. The first kappa shape index (κ1) is 13.2. The SMILES string of the molecule is Cc1ncc(-c2cc(C=O)cc(OC(C)C)c2)cn1. The molecule has 0 saturated carbocycles. The van der Waals surface area contributed by atoms with Crippen LogP contribution >= 0.6 is 0 Å². The minimum absolute atomic E-state index is 0.0593. The van der Waals surface area contributed by atoms with Crippen molar-refractivity contribution >= 4 is 6.29 Å². The second kappa shape index (κ2) is 5.61. The summed E-state index contributed by atoms with van der Waals surface area (Å²) in [5, 5.41) is 0. The van der Waals surface area contributed by atoms with E-state index in [0.717, 1.165) is 17.4 Å². The standard InChI is InChI=1S/C15H16N2O2/c1-10(2)19-15-5-12(9-18)4-13(6-15)14-7-16-11(3)17-8-14/h4-10H,1-3H3. The van der Waals surface area contributed by atoms with Crippen molar-refractivity contribution < 1.29 is 9.53 Å². The van der Waals surface area contributed by atoms with Gasteiger partial charge in [-0.25, -0.2) is 9.97 Å². The van der Waals surface area contributed by atoms with Crippen molar-refractivity contribution in [2.45, 2.75) is 26.9 Å². The fourth-order valence-electron chi connectivity index (χ4n) is 1.74. The lowest BCUT2D eigenvalue weighted by Gasteiger charge is -2.12. The molecule has 98 valence electrons. The zero-order valence-corrected chi connectivity index (χ0v) is 11.3. The number of hydrogen-bond acceptors (Lipinski definition) is 4. The van der Waals surface area contributed by atoms with Crippen LogP contribution in [0.3, 0.4) is 0 Å². The molecule has 0 bridgehead atoms. The number of aldehydes is 1. The molecule has 4 nitrogen and oxygen atoms in total. The van der Waals surface area contributed by atoms with Crippen molar-refractivity contribution in [3.63, 3.8) is 0 Å². The molecule has 0 saturated heterocycles. The van der Waals surface area contributed by atoms with Crippen molar-refractivity contribution in [3.8, 4) is 16.9 Å². The van der Waals surface area contributed by atoms with E-state index in [4.69, 9.17) is 4.74 Å². The van der Waals surface area contributed by atoms with Crippen molar-refractivity contribution in [3.05, 3.63) is 42.0 Å². The summed E-state index contributed by atoms with van der Waals surface area (Å²) in [7, 11) is 0. The number of aromatic nitrogens is 2. The Labute approximate surface area is 112 Å². The summed E-state index contributed by atoms with van der Waals surface area (Å²) in [5.41, 5.74) is 2.32. The fourth-order valence-corrected chi connectivity index (χ4v) is 1.74. The lowest BCUT2D eigenvalue weighted by molar-refractivity contribution is 0.112. The van der Waals surface area contributed by atoms with Crippen molar-refractivity contribution in [1.82, 2.24) is 9.97 Å². The third kappa shape index (κ3) is 3.37. The van der Waals surface area contributed by atoms with Crippen LogP contribution in [0.15, 0.2) is 30.6 Å². The maximum atomic E-state index is 11.0. The molecule has 0 spiro atoms. The Morgan fingerprint density at radius 3 is 2.37 bits per heavy atom. The molecule has 0 N–H and O–H groups in total. The maximum absolute atomic E-state index is 11.0. The van der Waals surface area contributed by atoms with Crippen LogP contribution in [0, 0.1) is 6.92 Å². The number of carbonyl (C=O) groups excluding carboxylic acids is 1.